The molecule has 2 aromatic carbocycles. The van der Waals surface area contributed by atoms with Gasteiger partial charge in [0, 0.05) is 5.69 Å². The summed E-state index contributed by atoms with van der Waals surface area (Å²) in [5, 5.41) is 0. The van der Waals surface area contributed by atoms with Crippen LogP contribution in [0.1, 0.15) is 85.9 Å². The van der Waals surface area contributed by atoms with E-state index in [2.05, 4.69) is 13.0 Å². The molecule has 0 fully saturated rings. The van der Waals surface area contributed by atoms with Crippen LogP contribution in [0.15, 0.2) is 48.5 Å². The Labute approximate surface area is 177 Å². The topological polar surface area (TPSA) is 26.0 Å². The first kappa shape index (κ1) is 31.7. The van der Waals surface area contributed by atoms with E-state index < -0.39 is 11.7 Å². The molecule has 29 heavy (non-hydrogen) atoms. The van der Waals surface area contributed by atoms with Gasteiger partial charge in [0.25, 0.3) is 0 Å². The van der Waals surface area contributed by atoms with E-state index in [1.165, 1.54) is 17.7 Å². The van der Waals surface area contributed by atoms with Gasteiger partial charge in [0.1, 0.15) is 0 Å². The second-order valence-electron chi connectivity index (χ2n) is 6.43. The molecule has 0 bridgehead atoms. The van der Waals surface area contributed by atoms with Crippen molar-refractivity contribution in [3.05, 3.63) is 65.2 Å². The van der Waals surface area contributed by atoms with Crippen molar-refractivity contribution >= 4 is 5.69 Å². The summed E-state index contributed by atoms with van der Waals surface area (Å²) < 4.78 is 37.1. The number of nitrogen functional groups attached to an aromatic ring is 1. The first-order valence-electron chi connectivity index (χ1n) is 10.6. The van der Waals surface area contributed by atoms with Gasteiger partial charge in [0.05, 0.1) is 5.56 Å². The van der Waals surface area contributed by atoms with Crippen molar-refractivity contribution in [1.82, 2.24) is 0 Å². The van der Waals surface area contributed by atoms with Gasteiger partial charge in [0.2, 0.25) is 0 Å². The van der Waals surface area contributed by atoms with Crippen molar-refractivity contribution < 1.29 is 13.2 Å². The van der Waals surface area contributed by atoms with E-state index in [0.29, 0.717) is 5.56 Å². The molecule has 0 saturated carbocycles. The van der Waals surface area contributed by atoms with E-state index >= 15 is 0 Å². The van der Waals surface area contributed by atoms with E-state index in [0.717, 1.165) is 18.2 Å². The highest BCUT2D eigenvalue weighted by Gasteiger charge is 2.31. The van der Waals surface area contributed by atoms with Crippen LogP contribution in [0, 0.1) is 0 Å². The van der Waals surface area contributed by atoms with Gasteiger partial charge in [-0.2, -0.15) is 13.2 Å². The third-order valence-corrected chi connectivity index (χ3v) is 3.42. The molecule has 2 aromatic rings. The molecule has 1 nitrogen and oxygen atoms in total. The lowest BCUT2D eigenvalue weighted by Crippen LogP contribution is -2.13. The smallest absolute Gasteiger partial charge is 0.399 e. The Balaban J connectivity index is -0.000000389. The van der Waals surface area contributed by atoms with E-state index in [9.17, 15) is 13.2 Å². The number of benzene rings is 2. The molecule has 0 unspecified atom stereocenters. The summed E-state index contributed by atoms with van der Waals surface area (Å²) >= 11 is 0. The Kier molecular flexibility index (Phi) is 18.5. The van der Waals surface area contributed by atoms with Crippen molar-refractivity contribution in [1.29, 1.82) is 0 Å². The van der Waals surface area contributed by atoms with Crippen LogP contribution in [0.4, 0.5) is 18.9 Å². The van der Waals surface area contributed by atoms with Crippen molar-refractivity contribution in [3.8, 4) is 0 Å². The number of rotatable bonds is 1. The Hall–Kier alpha value is -1.97. The average molecular weight is 414 g/mol. The first-order valence-corrected chi connectivity index (χ1v) is 10.6. The fraction of sp³-hybridized carbons (Fsp3) is 0.520. The van der Waals surface area contributed by atoms with Crippen LogP contribution in [-0.4, -0.2) is 0 Å². The molecule has 0 aliphatic heterocycles. The molecule has 0 radical (unpaired) electrons. The molecular weight excluding hydrogens is 371 g/mol. The fourth-order valence-electron chi connectivity index (χ4n) is 1.98. The molecule has 0 saturated heterocycles. The van der Waals surface area contributed by atoms with Crippen LogP contribution < -0.4 is 5.73 Å². The van der Waals surface area contributed by atoms with Gasteiger partial charge in [-0.25, -0.2) is 0 Å². The lowest BCUT2D eigenvalue weighted by Gasteiger charge is -2.20. The molecule has 4 heteroatoms. The third kappa shape index (κ3) is 14.7. The van der Waals surface area contributed by atoms with Crippen LogP contribution in [0.25, 0.3) is 0 Å². The normalized spacial score (nSPS) is 9.83. The Morgan fingerprint density at radius 1 is 0.724 bits per heavy atom. The van der Waals surface area contributed by atoms with Crippen molar-refractivity contribution in [2.45, 2.75) is 87.2 Å². The Morgan fingerprint density at radius 3 is 1.52 bits per heavy atom. The molecule has 0 atom stereocenters. The van der Waals surface area contributed by atoms with Crippen molar-refractivity contribution in [2.24, 2.45) is 0 Å². The lowest BCUT2D eigenvalue weighted by atomic mass is 9.86. The fourth-order valence-corrected chi connectivity index (χ4v) is 1.98. The summed E-state index contributed by atoms with van der Waals surface area (Å²) in [7, 11) is 0. The summed E-state index contributed by atoms with van der Waals surface area (Å²) in [5.74, 6) is 0. The zero-order valence-electron chi connectivity index (χ0n) is 20.0. The maximum atomic E-state index is 12.4. The Bertz CT molecular complexity index is 597. The molecule has 168 valence electrons. The van der Waals surface area contributed by atoms with Gasteiger partial charge in [0.15, 0.2) is 0 Å². The zero-order chi connectivity index (χ0) is 23.7. The van der Waals surface area contributed by atoms with Gasteiger partial charge in [-0.1, -0.05) is 99.6 Å². The van der Waals surface area contributed by atoms with Crippen LogP contribution in [0.5, 0.6) is 0 Å². The van der Waals surface area contributed by atoms with E-state index in [1.807, 2.05) is 80.5 Å². The summed E-state index contributed by atoms with van der Waals surface area (Å²) in [6.07, 6.45) is -3.19. The summed E-state index contributed by atoms with van der Waals surface area (Å²) in [4.78, 5) is 0. The number of nitrogens with two attached hydrogens (primary N) is 1. The highest BCUT2D eigenvalue weighted by atomic mass is 19.4. The number of halogens is 3. The first-order chi connectivity index (χ1) is 13.5. The summed E-state index contributed by atoms with van der Waals surface area (Å²) in [5.41, 5.74) is 7.56. The van der Waals surface area contributed by atoms with Crippen LogP contribution in [0.2, 0.25) is 0 Å². The molecule has 0 amide bonds. The second-order valence-corrected chi connectivity index (χ2v) is 6.43. The monoisotopic (exact) mass is 413 g/mol. The molecular formula is C25H42F3N. The SMILES string of the molecule is CC.CC.CC.CC(C)(C)c1cccc(C(F)(F)F)c1.CCc1cccc(N)c1. The summed E-state index contributed by atoms with van der Waals surface area (Å²) in [6.45, 7) is 19.8. The van der Waals surface area contributed by atoms with Gasteiger partial charge >= 0.3 is 6.18 Å². The van der Waals surface area contributed by atoms with Gasteiger partial charge in [-0.05, 0) is 41.2 Å². The highest BCUT2D eigenvalue weighted by molar-refractivity contribution is 5.40. The Morgan fingerprint density at radius 2 is 1.17 bits per heavy atom. The molecule has 0 aromatic heterocycles. The predicted octanol–water partition coefficient (Wildman–Crippen LogP) is 8.91. The number of anilines is 1. The van der Waals surface area contributed by atoms with E-state index in [-0.39, 0.29) is 5.41 Å². The highest BCUT2D eigenvalue weighted by Crippen LogP contribution is 2.32. The molecule has 0 aliphatic carbocycles. The minimum atomic E-state index is -4.25. The maximum Gasteiger partial charge on any atom is 0.416 e. The van der Waals surface area contributed by atoms with Crippen molar-refractivity contribution in [2.75, 3.05) is 5.73 Å². The van der Waals surface area contributed by atoms with Crippen LogP contribution >= 0.6 is 0 Å². The largest absolute Gasteiger partial charge is 0.416 e. The van der Waals surface area contributed by atoms with Gasteiger partial charge in [-0.15, -0.1) is 0 Å². The molecule has 0 aliphatic rings. The molecule has 0 heterocycles. The summed E-state index contributed by atoms with van der Waals surface area (Å²) in [6, 6.07) is 13.4. The van der Waals surface area contributed by atoms with Crippen molar-refractivity contribution in [3.63, 3.8) is 0 Å². The number of aryl methyl sites for hydroxylation is 1. The van der Waals surface area contributed by atoms with E-state index in [4.69, 9.17) is 5.73 Å². The van der Waals surface area contributed by atoms with Crippen LogP contribution in [-0.2, 0) is 18.0 Å². The van der Waals surface area contributed by atoms with Gasteiger partial charge < -0.3 is 5.73 Å². The average Bonchev–Trinajstić information content (AvgIpc) is 2.72. The number of hydrogen-bond acceptors (Lipinski definition) is 1. The minimum Gasteiger partial charge on any atom is -0.399 e. The lowest BCUT2D eigenvalue weighted by molar-refractivity contribution is -0.137. The second kappa shape index (κ2) is 16.9. The predicted molar refractivity (Wildman–Crippen MR) is 124 cm³/mol. The number of alkyl halides is 3. The standard InChI is InChI=1S/C11H13F3.C8H11N.3C2H6/c1-10(2,3)8-5-4-6-9(7-8)11(12,13)14;1-2-7-4-3-5-8(9)6-7;3*1-2/h4-7H,1-3H3;3-6H,2,9H2,1H3;3*1-2H3. The zero-order valence-corrected chi connectivity index (χ0v) is 20.0. The molecule has 0 spiro atoms. The van der Waals surface area contributed by atoms with Gasteiger partial charge in [-0.3, -0.25) is 0 Å². The van der Waals surface area contributed by atoms with E-state index in [1.54, 1.807) is 6.07 Å². The maximum absolute atomic E-state index is 12.4. The van der Waals surface area contributed by atoms with Crippen LogP contribution in [0.3, 0.4) is 0 Å². The molecule has 2 N–H and O–H groups in total. The number of hydrogen-bond donors (Lipinski definition) is 1. The minimum absolute atomic E-state index is 0.249. The third-order valence-electron chi connectivity index (χ3n) is 3.42. The molecule has 2 rings (SSSR count). The quantitative estimate of drug-likeness (QED) is 0.464.